The number of likely N-dealkylation sites (tertiary alicyclic amines) is 1. The molecule has 0 saturated carbocycles. The maximum absolute atomic E-state index is 11.8. The Morgan fingerprint density at radius 1 is 1.29 bits per heavy atom. The van der Waals surface area contributed by atoms with Gasteiger partial charge in [0.2, 0.25) is 5.91 Å². The summed E-state index contributed by atoms with van der Waals surface area (Å²) in [5.41, 5.74) is 0.932. The summed E-state index contributed by atoms with van der Waals surface area (Å²) in [5, 5.41) is 18.5. The topological polar surface area (TPSA) is 60.8 Å². The first-order valence-corrected chi connectivity index (χ1v) is 5.82. The summed E-state index contributed by atoms with van der Waals surface area (Å²) in [7, 11) is 0. The first kappa shape index (κ1) is 12.1. The Balaban J connectivity index is 2.17. The second kappa shape index (κ2) is 5.29. The number of amides is 1. The lowest BCUT2D eigenvalue weighted by molar-refractivity contribution is -0.130. The molecule has 17 heavy (non-hydrogen) atoms. The van der Waals surface area contributed by atoms with Crippen molar-refractivity contribution >= 4 is 5.91 Å². The number of hydrogen-bond acceptors (Lipinski definition) is 3. The average Bonchev–Trinajstić information content (AvgIpc) is 2.73. The molecule has 0 aromatic heterocycles. The van der Waals surface area contributed by atoms with Crippen molar-refractivity contribution in [1.82, 2.24) is 4.90 Å². The predicted octanol–water partition coefficient (Wildman–Crippen LogP) is 0.561. The zero-order chi connectivity index (χ0) is 12.3. The quantitative estimate of drug-likeness (QED) is 0.801. The van der Waals surface area contributed by atoms with Gasteiger partial charge in [-0.2, -0.15) is 0 Å². The highest BCUT2D eigenvalue weighted by Crippen LogP contribution is 2.28. The fourth-order valence-corrected chi connectivity index (χ4v) is 2.29. The molecule has 0 aliphatic carbocycles. The van der Waals surface area contributed by atoms with E-state index < -0.39 is 0 Å². The van der Waals surface area contributed by atoms with Gasteiger partial charge < -0.3 is 15.1 Å². The van der Waals surface area contributed by atoms with Crippen LogP contribution in [-0.4, -0.2) is 40.8 Å². The van der Waals surface area contributed by atoms with E-state index in [4.69, 9.17) is 5.11 Å². The summed E-state index contributed by atoms with van der Waals surface area (Å²) in [4.78, 5) is 13.5. The number of carbonyl (C=O) groups is 1. The van der Waals surface area contributed by atoms with Crippen molar-refractivity contribution in [3.05, 3.63) is 35.9 Å². The van der Waals surface area contributed by atoms with Crippen LogP contribution < -0.4 is 0 Å². The van der Waals surface area contributed by atoms with E-state index in [1.165, 1.54) is 0 Å². The van der Waals surface area contributed by atoms with Gasteiger partial charge in [0.1, 0.15) is 0 Å². The smallest absolute Gasteiger partial charge is 0.223 e. The number of hydrogen-bond donors (Lipinski definition) is 2. The molecule has 0 spiro atoms. The summed E-state index contributed by atoms with van der Waals surface area (Å²) in [6.45, 7) is 0.457. The highest BCUT2D eigenvalue weighted by atomic mass is 16.3. The normalized spacial score (nSPS) is 21.9. The Labute approximate surface area is 100 Å². The van der Waals surface area contributed by atoms with Crippen LogP contribution in [0, 0.1) is 5.92 Å². The van der Waals surface area contributed by atoms with Crippen LogP contribution in [0.3, 0.4) is 0 Å². The number of carbonyl (C=O) groups excluding carboxylic acids is 1. The van der Waals surface area contributed by atoms with Gasteiger partial charge in [0.05, 0.1) is 12.6 Å². The molecule has 1 aromatic rings. The second-order valence-corrected chi connectivity index (χ2v) is 4.41. The minimum Gasteiger partial charge on any atom is -0.396 e. The van der Waals surface area contributed by atoms with Gasteiger partial charge in [-0.05, 0) is 5.56 Å². The summed E-state index contributed by atoms with van der Waals surface area (Å²) in [6.07, 6.45) is 0.375. The lowest BCUT2D eigenvalue weighted by Crippen LogP contribution is -2.32. The first-order valence-electron chi connectivity index (χ1n) is 5.82. The fourth-order valence-electron chi connectivity index (χ4n) is 2.29. The van der Waals surface area contributed by atoms with E-state index in [9.17, 15) is 9.90 Å². The molecular weight excluding hydrogens is 218 g/mol. The van der Waals surface area contributed by atoms with E-state index >= 15 is 0 Å². The van der Waals surface area contributed by atoms with Crippen LogP contribution in [-0.2, 0) is 4.79 Å². The van der Waals surface area contributed by atoms with Crippen LogP contribution in [0.1, 0.15) is 18.0 Å². The molecule has 1 amide bonds. The third-order valence-corrected chi connectivity index (χ3v) is 3.23. The lowest BCUT2D eigenvalue weighted by Gasteiger charge is -2.26. The lowest BCUT2D eigenvalue weighted by atomic mass is 10.1. The van der Waals surface area contributed by atoms with E-state index in [1.54, 1.807) is 4.90 Å². The van der Waals surface area contributed by atoms with Crippen molar-refractivity contribution in [2.75, 3.05) is 19.8 Å². The predicted molar refractivity (Wildman–Crippen MR) is 63.2 cm³/mol. The molecule has 1 saturated heterocycles. The minimum absolute atomic E-state index is 0.000243. The van der Waals surface area contributed by atoms with Crippen molar-refractivity contribution in [1.29, 1.82) is 0 Å². The van der Waals surface area contributed by atoms with Crippen molar-refractivity contribution < 1.29 is 15.0 Å². The summed E-state index contributed by atoms with van der Waals surface area (Å²) in [6, 6.07) is 9.20. The number of nitrogens with zero attached hydrogens (tertiary/aromatic N) is 1. The van der Waals surface area contributed by atoms with E-state index in [0.29, 0.717) is 13.0 Å². The van der Waals surface area contributed by atoms with Crippen molar-refractivity contribution in [3.8, 4) is 0 Å². The van der Waals surface area contributed by atoms with Crippen molar-refractivity contribution in [3.63, 3.8) is 0 Å². The number of benzene rings is 1. The Bertz CT molecular complexity index is 380. The fraction of sp³-hybridized carbons (Fsp3) is 0.462. The zero-order valence-corrected chi connectivity index (χ0v) is 9.62. The maximum atomic E-state index is 11.8. The number of rotatable bonds is 4. The third-order valence-electron chi connectivity index (χ3n) is 3.23. The molecule has 4 nitrogen and oxygen atoms in total. The Morgan fingerprint density at radius 2 is 2.00 bits per heavy atom. The van der Waals surface area contributed by atoms with Crippen LogP contribution in [0.4, 0.5) is 0 Å². The number of aliphatic hydroxyl groups excluding tert-OH is 2. The van der Waals surface area contributed by atoms with Gasteiger partial charge in [-0.3, -0.25) is 4.79 Å². The van der Waals surface area contributed by atoms with Crippen LogP contribution >= 0.6 is 0 Å². The molecule has 92 valence electrons. The van der Waals surface area contributed by atoms with Crippen LogP contribution in [0.15, 0.2) is 30.3 Å². The minimum atomic E-state index is -0.291. The highest BCUT2D eigenvalue weighted by Gasteiger charge is 2.34. The van der Waals surface area contributed by atoms with E-state index in [1.807, 2.05) is 30.3 Å². The molecule has 0 bridgehead atoms. The molecule has 1 aliphatic rings. The summed E-state index contributed by atoms with van der Waals surface area (Å²) < 4.78 is 0. The van der Waals surface area contributed by atoms with Crippen molar-refractivity contribution in [2.24, 2.45) is 5.92 Å². The molecule has 4 heteroatoms. The third kappa shape index (κ3) is 2.48. The largest absolute Gasteiger partial charge is 0.396 e. The second-order valence-electron chi connectivity index (χ2n) is 4.41. The molecule has 1 aliphatic heterocycles. The molecule has 2 atom stereocenters. The van der Waals surface area contributed by atoms with E-state index in [2.05, 4.69) is 0 Å². The monoisotopic (exact) mass is 235 g/mol. The van der Waals surface area contributed by atoms with Crippen LogP contribution in [0.5, 0.6) is 0 Å². The van der Waals surface area contributed by atoms with Crippen molar-refractivity contribution in [2.45, 2.75) is 12.5 Å². The number of aliphatic hydroxyl groups is 2. The standard InChI is InChI=1S/C13H17NO3/c15-8-10-6-13(17)14(7-10)12(9-16)11-4-2-1-3-5-11/h1-5,10,12,15-16H,6-9H2/t10?,12-/m0/s1. The Hall–Kier alpha value is -1.39. The summed E-state index contributed by atoms with van der Waals surface area (Å²) >= 11 is 0. The SMILES string of the molecule is O=C1CC(CO)CN1[C@@H](CO)c1ccccc1. The zero-order valence-electron chi connectivity index (χ0n) is 9.62. The molecular formula is C13H17NO3. The molecule has 1 aromatic carbocycles. The average molecular weight is 235 g/mol. The first-order chi connectivity index (χ1) is 8.26. The Kier molecular flexibility index (Phi) is 3.76. The Morgan fingerprint density at radius 3 is 2.53 bits per heavy atom. The molecule has 0 radical (unpaired) electrons. The van der Waals surface area contributed by atoms with Gasteiger partial charge in [0.15, 0.2) is 0 Å². The maximum Gasteiger partial charge on any atom is 0.223 e. The highest BCUT2D eigenvalue weighted by molar-refractivity contribution is 5.79. The van der Waals surface area contributed by atoms with Gasteiger partial charge in [-0.15, -0.1) is 0 Å². The van der Waals surface area contributed by atoms with Gasteiger partial charge in [0.25, 0.3) is 0 Å². The van der Waals surface area contributed by atoms with Gasteiger partial charge in [-0.25, -0.2) is 0 Å². The van der Waals surface area contributed by atoms with Gasteiger partial charge in [-0.1, -0.05) is 30.3 Å². The van der Waals surface area contributed by atoms with E-state index in [0.717, 1.165) is 5.56 Å². The van der Waals surface area contributed by atoms with Crippen LogP contribution in [0.25, 0.3) is 0 Å². The van der Waals surface area contributed by atoms with Gasteiger partial charge in [0, 0.05) is 25.5 Å². The molecule has 1 heterocycles. The van der Waals surface area contributed by atoms with Gasteiger partial charge >= 0.3 is 0 Å². The molecule has 1 unspecified atom stereocenters. The van der Waals surface area contributed by atoms with E-state index in [-0.39, 0.29) is 31.1 Å². The van der Waals surface area contributed by atoms with Crippen LogP contribution in [0.2, 0.25) is 0 Å². The molecule has 2 N–H and O–H groups in total. The molecule has 2 rings (SSSR count). The molecule has 1 fully saturated rings. The summed E-state index contributed by atoms with van der Waals surface area (Å²) in [5.74, 6) is 0.00668.